The van der Waals surface area contributed by atoms with E-state index in [0.717, 1.165) is 6.42 Å². The SMILES string of the molecule is CNC(Cc1ccc(O)cc1)C(C)(C)c1ccccc1. The quantitative estimate of drug-likeness (QED) is 0.870. The molecular formula is C18H23NO. The average molecular weight is 269 g/mol. The van der Waals surface area contributed by atoms with E-state index in [-0.39, 0.29) is 5.41 Å². The Hall–Kier alpha value is -1.80. The molecule has 0 aliphatic carbocycles. The van der Waals surface area contributed by atoms with E-state index in [2.05, 4.69) is 43.4 Å². The molecular weight excluding hydrogens is 246 g/mol. The van der Waals surface area contributed by atoms with Gasteiger partial charge in [0.25, 0.3) is 0 Å². The fourth-order valence-corrected chi connectivity index (χ4v) is 2.65. The van der Waals surface area contributed by atoms with Crippen LogP contribution in [0.2, 0.25) is 0 Å². The lowest BCUT2D eigenvalue weighted by molar-refractivity contribution is 0.356. The van der Waals surface area contributed by atoms with Gasteiger partial charge in [0.2, 0.25) is 0 Å². The van der Waals surface area contributed by atoms with E-state index in [1.807, 2.05) is 25.2 Å². The highest BCUT2D eigenvalue weighted by Gasteiger charge is 2.30. The second-order valence-electron chi connectivity index (χ2n) is 5.80. The molecule has 1 unspecified atom stereocenters. The first-order chi connectivity index (χ1) is 9.54. The third-order valence-corrected chi connectivity index (χ3v) is 4.11. The molecule has 106 valence electrons. The molecule has 2 aromatic rings. The number of rotatable bonds is 5. The highest BCUT2D eigenvalue weighted by Crippen LogP contribution is 2.29. The second-order valence-corrected chi connectivity index (χ2v) is 5.80. The molecule has 2 heteroatoms. The summed E-state index contributed by atoms with van der Waals surface area (Å²) < 4.78 is 0. The maximum absolute atomic E-state index is 9.37. The lowest BCUT2D eigenvalue weighted by Gasteiger charge is -2.35. The fraction of sp³-hybridized carbons (Fsp3) is 0.333. The molecule has 0 radical (unpaired) electrons. The van der Waals surface area contributed by atoms with Gasteiger partial charge in [0.15, 0.2) is 0 Å². The van der Waals surface area contributed by atoms with Crippen LogP contribution >= 0.6 is 0 Å². The largest absolute Gasteiger partial charge is 0.508 e. The third kappa shape index (κ3) is 3.20. The first kappa shape index (κ1) is 14.6. The second kappa shape index (κ2) is 6.10. The van der Waals surface area contributed by atoms with E-state index in [0.29, 0.717) is 11.8 Å². The Kier molecular flexibility index (Phi) is 4.46. The number of phenolic OH excluding ortho intramolecular Hbond substituents is 1. The monoisotopic (exact) mass is 269 g/mol. The zero-order valence-corrected chi connectivity index (χ0v) is 12.4. The van der Waals surface area contributed by atoms with Gasteiger partial charge in [-0.2, -0.15) is 0 Å². The smallest absolute Gasteiger partial charge is 0.115 e. The summed E-state index contributed by atoms with van der Waals surface area (Å²) in [6.45, 7) is 4.54. The topological polar surface area (TPSA) is 32.3 Å². The van der Waals surface area contributed by atoms with Crippen LogP contribution in [0.3, 0.4) is 0 Å². The van der Waals surface area contributed by atoms with E-state index in [1.54, 1.807) is 12.1 Å². The summed E-state index contributed by atoms with van der Waals surface area (Å²) in [5, 5.41) is 12.8. The minimum absolute atomic E-state index is 0.0356. The predicted molar refractivity (Wildman–Crippen MR) is 84.1 cm³/mol. The molecule has 0 bridgehead atoms. The van der Waals surface area contributed by atoms with Crippen molar-refractivity contribution >= 4 is 0 Å². The number of hydrogen-bond donors (Lipinski definition) is 2. The number of hydrogen-bond acceptors (Lipinski definition) is 2. The van der Waals surface area contributed by atoms with Gasteiger partial charge in [0, 0.05) is 11.5 Å². The summed E-state index contributed by atoms with van der Waals surface area (Å²) in [6.07, 6.45) is 0.929. The van der Waals surface area contributed by atoms with Crippen LogP contribution in [0.4, 0.5) is 0 Å². The number of benzene rings is 2. The van der Waals surface area contributed by atoms with Crippen LogP contribution in [-0.2, 0) is 11.8 Å². The lowest BCUT2D eigenvalue weighted by Crippen LogP contribution is -2.44. The Bertz CT molecular complexity index is 531. The van der Waals surface area contributed by atoms with Crippen molar-refractivity contribution in [3.63, 3.8) is 0 Å². The van der Waals surface area contributed by atoms with Crippen LogP contribution in [0.15, 0.2) is 54.6 Å². The van der Waals surface area contributed by atoms with Gasteiger partial charge in [-0.15, -0.1) is 0 Å². The lowest BCUT2D eigenvalue weighted by atomic mass is 9.75. The molecule has 2 N–H and O–H groups in total. The van der Waals surface area contributed by atoms with Gasteiger partial charge in [-0.1, -0.05) is 56.3 Å². The summed E-state index contributed by atoms with van der Waals surface area (Å²) in [6, 6.07) is 18.4. The molecule has 1 atom stereocenters. The molecule has 0 heterocycles. The minimum Gasteiger partial charge on any atom is -0.508 e. The fourth-order valence-electron chi connectivity index (χ4n) is 2.65. The Morgan fingerprint density at radius 3 is 2.15 bits per heavy atom. The molecule has 0 aromatic heterocycles. The minimum atomic E-state index is 0.0356. The van der Waals surface area contributed by atoms with E-state index in [4.69, 9.17) is 0 Å². The van der Waals surface area contributed by atoms with Crippen molar-refractivity contribution in [3.05, 3.63) is 65.7 Å². The maximum atomic E-state index is 9.37. The average Bonchev–Trinajstić information content (AvgIpc) is 2.47. The first-order valence-electron chi connectivity index (χ1n) is 7.04. The Labute approximate surface area is 121 Å². The van der Waals surface area contributed by atoms with Crippen LogP contribution in [0.1, 0.15) is 25.0 Å². The van der Waals surface area contributed by atoms with Crippen molar-refractivity contribution in [1.82, 2.24) is 5.32 Å². The van der Waals surface area contributed by atoms with Crippen molar-refractivity contribution in [3.8, 4) is 5.75 Å². The van der Waals surface area contributed by atoms with Crippen LogP contribution in [0, 0.1) is 0 Å². The first-order valence-corrected chi connectivity index (χ1v) is 7.04. The summed E-state index contributed by atoms with van der Waals surface area (Å²) in [4.78, 5) is 0. The van der Waals surface area contributed by atoms with Crippen LogP contribution in [-0.4, -0.2) is 18.2 Å². The van der Waals surface area contributed by atoms with Gasteiger partial charge in [-0.25, -0.2) is 0 Å². The van der Waals surface area contributed by atoms with E-state index < -0.39 is 0 Å². The summed E-state index contributed by atoms with van der Waals surface area (Å²) in [7, 11) is 2.01. The molecule has 2 aromatic carbocycles. The molecule has 0 saturated heterocycles. The molecule has 2 rings (SSSR count). The summed E-state index contributed by atoms with van der Waals surface area (Å²) in [5.74, 6) is 0.317. The molecule has 2 nitrogen and oxygen atoms in total. The van der Waals surface area contributed by atoms with Gasteiger partial charge in [0.1, 0.15) is 5.75 Å². The normalized spacial score (nSPS) is 13.2. The molecule has 0 fully saturated rings. The highest BCUT2D eigenvalue weighted by molar-refractivity contribution is 5.30. The standard InChI is InChI=1S/C18H23NO/c1-18(2,15-7-5-4-6-8-15)17(19-3)13-14-9-11-16(20)12-10-14/h4-12,17,19-20H,13H2,1-3H3. The maximum Gasteiger partial charge on any atom is 0.115 e. The van der Waals surface area contributed by atoms with E-state index in [9.17, 15) is 5.11 Å². The number of likely N-dealkylation sites (N-methyl/N-ethyl adjacent to an activating group) is 1. The highest BCUT2D eigenvalue weighted by atomic mass is 16.3. The van der Waals surface area contributed by atoms with Gasteiger partial charge in [0.05, 0.1) is 0 Å². The predicted octanol–water partition coefficient (Wildman–Crippen LogP) is 3.50. The molecule has 0 saturated carbocycles. The molecule has 20 heavy (non-hydrogen) atoms. The van der Waals surface area contributed by atoms with Gasteiger partial charge in [-0.05, 0) is 36.7 Å². The molecule has 0 aliphatic heterocycles. The zero-order chi connectivity index (χ0) is 14.6. The Morgan fingerprint density at radius 2 is 1.60 bits per heavy atom. The number of aromatic hydroxyl groups is 1. The molecule has 0 amide bonds. The van der Waals surface area contributed by atoms with Crippen molar-refractivity contribution in [2.45, 2.75) is 31.7 Å². The van der Waals surface area contributed by atoms with Gasteiger partial charge in [-0.3, -0.25) is 0 Å². The number of nitrogens with one attached hydrogen (secondary N) is 1. The van der Waals surface area contributed by atoms with Crippen molar-refractivity contribution < 1.29 is 5.11 Å². The van der Waals surface area contributed by atoms with Crippen molar-refractivity contribution in [1.29, 1.82) is 0 Å². The third-order valence-electron chi connectivity index (χ3n) is 4.11. The van der Waals surface area contributed by atoms with Gasteiger partial charge < -0.3 is 10.4 Å². The number of phenols is 1. The van der Waals surface area contributed by atoms with E-state index in [1.165, 1.54) is 11.1 Å². The van der Waals surface area contributed by atoms with Crippen molar-refractivity contribution in [2.75, 3.05) is 7.05 Å². The molecule has 0 spiro atoms. The van der Waals surface area contributed by atoms with Gasteiger partial charge >= 0.3 is 0 Å². The van der Waals surface area contributed by atoms with Crippen LogP contribution in [0.5, 0.6) is 5.75 Å². The Morgan fingerprint density at radius 1 is 1.00 bits per heavy atom. The van der Waals surface area contributed by atoms with Crippen LogP contribution < -0.4 is 5.32 Å². The van der Waals surface area contributed by atoms with Crippen molar-refractivity contribution in [2.24, 2.45) is 0 Å². The van der Waals surface area contributed by atoms with Crippen LogP contribution in [0.25, 0.3) is 0 Å². The molecule has 0 aliphatic rings. The van der Waals surface area contributed by atoms with E-state index >= 15 is 0 Å². The summed E-state index contributed by atoms with van der Waals surface area (Å²) >= 11 is 0. The Balaban J connectivity index is 2.21. The summed E-state index contributed by atoms with van der Waals surface area (Å²) in [5.41, 5.74) is 2.60. The zero-order valence-electron chi connectivity index (χ0n) is 12.4.